The maximum Gasteiger partial charge on any atom is 0.238 e. The normalized spacial score (nSPS) is 12.8. The zero-order chi connectivity index (χ0) is 30.7. The molecular weight excluding hydrogens is 560 g/mol. The Balaban J connectivity index is 0.000000208. The van der Waals surface area contributed by atoms with Gasteiger partial charge in [0.05, 0.1) is 16.5 Å². The molecule has 0 heterocycles. The van der Waals surface area contributed by atoms with E-state index in [0.717, 1.165) is 53.5 Å². The number of nitrogens with two attached hydrogens (primary N) is 1. The number of rotatable bonds is 9. The lowest BCUT2D eigenvalue weighted by Gasteiger charge is -2.11. The Bertz CT molecular complexity index is 1690. The number of benzene rings is 4. The van der Waals surface area contributed by atoms with E-state index in [1.54, 1.807) is 24.3 Å². The molecule has 2 amide bonds. The number of hydrogen-bond donors (Lipinski definition) is 3. The lowest BCUT2D eigenvalue weighted by Crippen LogP contribution is -2.28. The molecule has 0 spiro atoms. The SMILES string of the molecule is N#Cc1ccccc1-c1ccc(CNC=O)cc1.NS(=O)(=O)c1ccccc1-c1ccc(CNC(=O)C2CCCC2)cc1. The molecule has 4 N–H and O–H groups in total. The summed E-state index contributed by atoms with van der Waals surface area (Å²) in [6.07, 6.45) is 4.91. The van der Waals surface area contributed by atoms with Gasteiger partial charge in [0.25, 0.3) is 0 Å². The van der Waals surface area contributed by atoms with Crippen molar-refractivity contribution in [2.75, 3.05) is 0 Å². The average Bonchev–Trinajstić information content (AvgIpc) is 3.59. The van der Waals surface area contributed by atoms with Crippen LogP contribution in [0.25, 0.3) is 22.3 Å². The maximum atomic E-state index is 12.1. The summed E-state index contributed by atoms with van der Waals surface area (Å²) in [4.78, 5) is 22.4. The summed E-state index contributed by atoms with van der Waals surface area (Å²) >= 11 is 0. The fourth-order valence-electron chi connectivity index (χ4n) is 5.07. The largest absolute Gasteiger partial charge is 0.355 e. The van der Waals surface area contributed by atoms with Gasteiger partial charge < -0.3 is 10.6 Å². The van der Waals surface area contributed by atoms with E-state index in [0.29, 0.717) is 30.6 Å². The minimum Gasteiger partial charge on any atom is -0.355 e. The number of hydrogen-bond acceptors (Lipinski definition) is 5. The molecule has 4 aromatic rings. The highest BCUT2D eigenvalue weighted by atomic mass is 32.2. The van der Waals surface area contributed by atoms with E-state index in [2.05, 4.69) is 16.7 Å². The number of nitrogens with zero attached hydrogens (tertiary/aromatic N) is 1. The molecule has 4 aromatic carbocycles. The molecule has 0 saturated heterocycles. The maximum absolute atomic E-state index is 12.1. The lowest BCUT2D eigenvalue weighted by atomic mass is 9.99. The van der Waals surface area contributed by atoms with Crippen LogP contribution >= 0.6 is 0 Å². The third kappa shape index (κ3) is 8.61. The Morgan fingerprint density at radius 1 is 0.814 bits per heavy atom. The van der Waals surface area contributed by atoms with Crippen LogP contribution in [0, 0.1) is 17.2 Å². The van der Waals surface area contributed by atoms with Crippen LogP contribution in [0.5, 0.6) is 0 Å². The summed E-state index contributed by atoms with van der Waals surface area (Å²) in [5.41, 5.74) is 5.94. The summed E-state index contributed by atoms with van der Waals surface area (Å²) in [5, 5.41) is 19.9. The van der Waals surface area contributed by atoms with E-state index < -0.39 is 10.0 Å². The van der Waals surface area contributed by atoms with Crippen molar-refractivity contribution < 1.29 is 18.0 Å². The van der Waals surface area contributed by atoms with Gasteiger partial charge >= 0.3 is 0 Å². The first kappa shape index (κ1) is 31.2. The monoisotopic (exact) mass is 594 g/mol. The fraction of sp³-hybridized carbons (Fsp3) is 0.206. The van der Waals surface area contributed by atoms with Crippen molar-refractivity contribution in [2.24, 2.45) is 11.1 Å². The topological polar surface area (TPSA) is 142 Å². The van der Waals surface area contributed by atoms with Gasteiger partial charge in [-0.25, -0.2) is 13.6 Å². The molecule has 1 fully saturated rings. The molecule has 0 bridgehead atoms. The molecule has 8 nitrogen and oxygen atoms in total. The molecule has 1 aliphatic rings. The van der Waals surface area contributed by atoms with Crippen molar-refractivity contribution in [3.05, 3.63) is 114 Å². The predicted molar refractivity (Wildman–Crippen MR) is 167 cm³/mol. The molecule has 0 radical (unpaired) electrons. The van der Waals surface area contributed by atoms with Crippen LogP contribution in [-0.4, -0.2) is 20.7 Å². The fourth-order valence-corrected chi connectivity index (χ4v) is 5.83. The van der Waals surface area contributed by atoms with E-state index in [-0.39, 0.29) is 16.7 Å². The van der Waals surface area contributed by atoms with Crippen LogP contribution in [-0.2, 0) is 32.7 Å². The predicted octanol–water partition coefficient (Wildman–Crippen LogP) is 5.28. The van der Waals surface area contributed by atoms with E-state index in [9.17, 15) is 18.0 Å². The van der Waals surface area contributed by atoms with Crippen molar-refractivity contribution in [3.8, 4) is 28.3 Å². The highest BCUT2D eigenvalue weighted by Gasteiger charge is 2.22. The molecule has 9 heteroatoms. The van der Waals surface area contributed by atoms with Crippen molar-refractivity contribution in [3.63, 3.8) is 0 Å². The van der Waals surface area contributed by atoms with Gasteiger partial charge in [-0.05, 0) is 52.8 Å². The van der Waals surface area contributed by atoms with Gasteiger partial charge in [0.15, 0.2) is 0 Å². The summed E-state index contributed by atoms with van der Waals surface area (Å²) in [6, 6.07) is 31.6. The Morgan fingerprint density at radius 3 is 1.93 bits per heavy atom. The van der Waals surface area contributed by atoms with Crippen LogP contribution in [0.1, 0.15) is 42.4 Å². The van der Waals surface area contributed by atoms with Gasteiger partial charge in [0, 0.05) is 24.6 Å². The van der Waals surface area contributed by atoms with Crippen LogP contribution in [0.3, 0.4) is 0 Å². The number of amides is 2. The number of nitrogens with one attached hydrogen (secondary N) is 2. The van der Waals surface area contributed by atoms with Gasteiger partial charge in [-0.15, -0.1) is 0 Å². The molecule has 0 atom stereocenters. The smallest absolute Gasteiger partial charge is 0.238 e. The third-order valence-corrected chi connectivity index (χ3v) is 8.32. The van der Waals surface area contributed by atoms with Gasteiger partial charge in [-0.1, -0.05) is 97.8 Å². The van der Waals surface area contributed by atoms with Crippen molar-refractivity contribution in [1.29, 1.82) is 5.26 Å². The number of nitriles is 1. The zero-order valence-corrected chi connectivity index (χ0v) is 24.5. The lowest BCUT2D eigenvalue weighted by molar-refractivity contribution is -0.125. The summed E-state index contributed by atoms with van der Waals surface area (Å²) in [6.45, 7) is 0.996. The molecule has 5 rings (SSSR count). The van der Waals surface area contributed by atoms with Crippen molar-refractivity contribution in [2.45, 2.75) is 43.7 Å². The van der Waals surface area contributed by atoms with Gasteiger partial charge in [0.2, 0.25) is 22.3 Å². The molecule has 43 heavy (non-hydrogen) atoms. The first-order chi connectivity index (χ1) is 20.8. The Labute approximate surface area is 252 Å². The molecule has 1 saturated carbocycles. The summed E-state index contributed by atoms with van der Waals surface area (Å²) in [5.74, 6) is 0.280. The molecule has 1 aliphatic carbocycles. The first-order valence-electron chi connectivity index (χ1n) is 14.0. The second-order valence-corrected chi connectivity index (χ2v) is 11.8. The van der Waals surface area contributed by atoms with Crippen molar-refractivity contribution >= 4 is 22.3 Å². The molecule has 0 unspecified atom stereocenters. The van der Waals surface area contributed by atoms with Crippen LogP contribution < -0.4 is 15.8 Å². The number of sulfonamides is 1. The standard InChI is InChI=1S/C19H22N2O3S.C15H12N2O/c20-25(23,24)18-8-4-3-7-17(18)15-11-9-14(10-12-15)13-21-19(22)16-5-1-2-6-16;16-9-14-3-1-2-4-15(14)13-7-5-12(6-8-13)10-17-11-18/h3-4,7-12,16H,1-2,5-6,13H2,(H,21,22)(H2,20,23,24);1-8,11H,10H2,(H,17,18). The summed E-state index contributed by atoms with van der Waals surface area (Å²) in [7, 11) is -3.78. The van der Waals surface area contributed by atoms with Crippen LogP contribution in [0.2, 0.25) is 0 Å². The number of carbonyl (C=O) groups excluding carboxylic acids is 2. The molecule has 0 aliphatic heterocycles. The van der Waals surface area contributed by atoms with E-state index in [1.807, 2.05) is 66.7 Å². The second-order valence-electron chi connectivity index (χ2n) is 10.3. The number of primary sulfonamides is 1. The third-order valence-electron chi connectivity index (χ3n) is 7.35. The quantitative estimate of drug-likeness (QED) is 0.226. The van der Waals surface area contributed by atoms with Crippen molar-refractivity contribution in [1.82, 2.24) is 10.6 Å². The van der Waals surface area contributed by atoms with E-state index in [4.69, 9.17) is 10.4 Å². The Kier molecular flexibility index (Phi) is 10.8. The van der Waals surface area contributed by atoms with Gasteiger partial charge in [0.1, 0.15) is 0 Å². The molecular formula is C34H34N4O4S. The minimum atomic E-state index is -3.78. The van der Waals surface area contributed by atoms with Gasteiger partial charge in [-0.3, -0.25) is 9.59 Å². The number of carbonyl (C=O) groups is 2. The zero-order valence-electron chi connectivity index (χ0n) is 23.7. The molecule has 0 aromatic heterocycles. The van der Waals surface area contributed by atoms with Crippen LogP contribution in [0.15, 0.2) is 102 Å². The Morgan fingerprint density at radius 2 is 1.35 bits per heavy atom. The van der Waals surface area contributed by atoms with Gasteiger partial charge in [-0.2, -0.15) is 5.26 Å². The second kappa shape index (κ2) is 14.9. The van der Waals surface area contributed by atoms with Crippen LogP contribution in [0.4, 0.5) is 0 Å². The molecule has 220 valence electrons. The average molecular weight is 595 g/mol. The highest BCUT2D eigenvalue weighted by Crippen LogP contribution is 2.27. The Hall–Kier alpha value is -4.78. The minimum absolute atomic E-state index is 0.109. The first-order valence-corrected chi connectivity index (χ1v) is 15.6. The van der Waals surface area contributed by atoms with E-state index in [1.165, 1.54) is 6.07 Å². The summed E-state index contributed by atoms with van der Waals surface area (Å²) < 4.78 is 23.5. The van der Waals surface area contributed by atoms with E-state index >= 15 is 0 Å². The highest BCUT2D eigenvalue weighted by molar-refractivity contribution is 7.89.